The molecule has 1 aromatic heterocycles. The molecule has 3 aromatic rings. The van der Waals surface area contributed by atoms with Crippen molar-refractivity contribution in [1.29, 1.82) is 0 Å². The molecule has 0 N–H and O–H groups in total. The number of aromatic nitrogens is 3. The summed E-state index contributed by atoms with van der Waals surface area (Å²) in [5.41, 5.74) is 2.11. The van der Waals surface area contributed by atoms with Gasteiger partial charge in [0.1, 0.15) is 0 Å². The van der Waals surface area contributed by atoms with E-state index in [0.717, 1.165) is 24.8 Å². The van der Waals surface area contributed by atoms with Gasteiger partial charge < -0.3 is 4.74 Å². The highest BCUT2D eigenvalue weighted by molar-refractivity contribution is 5.31. The minimum atomic E-state index is -0.576. The van der Waals surface area contributed by atoms with Crippen LogP contribution in [0.5, 0.6) is 0 Å². The smallest absolute Gasteiger partial charge is 0.349 e. The van der Waals surface area contributed by atoms with Crippen molar-refractivity contribution in [1.82, 2.24) is 13.9 Å². The molecule has 0 saturated heterocycles. The van der Waals surface area contributed by atoms with Crippen molar-refractivity contribution in [3.05, 3.63) is 98.8 Å². The Kier molecular flexibility index (Phi) is 5.24. The molecule has 0 amide bonds. The molecule has 1 aliphatic heterocycles. The largest absolute Gasteiger partial charge is 0.354 e. The van der Waals surface area contributed by atoms with Crippen LogP contribution in [0.3, 0.4) is 0 Å². The fourth-order valence-corrected chi connectivity index (χ4v) is 4.88. The first-order valence-electron chi connectivity index (χ1n) is 11.0. The lowest BCUT2D eigenvalue weighted by Gasteiger charge is -2.36. The zero-order chi connectivity index (χ0) is 21.4. The second-order valence-electron chi connectivity index (χ2n) is 8.44. The molecule has 0 spiro atoms. The van der Waals surface area contributed by atoms with Gasteiger partial charge in [-0.15, -0.1) is 0 Å². The number of ether oxygens (including phenoxy) is 1. The second kappa shape index (κ2) is 8.19. The van der Waals surface area contributed by atoms with Crippen LogP contribution in [0.15, 0.2) is 81.9 Å². The van der Waals surface area contributed by atoms with E-state index in [-0.39, 0.29) is 23.4 Å². The van der Waals surface area contributed by atoms with E-state index in [1.54, 1.807) is 12.1 Å². The first-order chi connectivity index (χ1) is 15.1. The van der Waals surface area contributed by atoms with Crippen LogP contribution in [-0.2, 0) is 11.3 Å². The molecular formula is C25H27N3O3. The zero-order valence-corrected chi connectivity index (χ0v) is 17.7. The Hall–Kier alpha value is -3.12. The molecule has 31 heavy (non-hydrogen) atoms. The molecule has 0 radical (unpaired) electrons. The average Bonchev–Trinajstić information content (AvgIpc) is 3.07. The van der Waals surface area contributed by atoms with E-state index in [9.17, 15) is 9.59 Å². The number of fused-ring (bicyclic) bond motifs is 1. The Morgan fingerprint density at radius 3 is 2.29 bits per heavy atom. The lowest BCUT2D eigenvalue weighted by atomic mass is 9.81. The number of benzene rings is 2. The predicted molar refractivity (Wildman–Crippen MR) is 120 cm³/mol. The summed E-state index contributed by atoms with van der Waals surface area (Å²) >= 11 is 0. The number of para-hydroxylation sites is 1. The van der Waals surface area contributed by atoms with Crippen LogP contribution in [0.25, 0.3) is 5.69 Å². The topological polar surface area (TPSA) is 58.2 Å². The molecule has 1 aliphatic carbocycles. The van der Waals surface area contributed by atoms with E-state index in [4.69, 9.17) is 4.74 Å². The summed E-state index contributed by atoms with van der Waals surface area (Å²) in [4.78, 5) is 26.5. The summed E-state index contributed by atoms with van der Waals surface area (Å²) in [5.74, 6) is 0.289. The summed E-state index contributed by atoms with van der Waals surface area (Å²) in [5, 5.41) is 0. The van der Waals surface area contributed by atoms with Crippen LogP contribution in [-0.4, -0.2) is 20.0 Å². The highest BCUT2D eigenvalue weighted by Crippen LogP contribution is 2.38. The van der Waals surface area contributed by atoms with E-state index in [0.29, 0.717) is 12.2 Å². The highest BCUT2D eigenvalue weighted by Gasteiger charge is 2.34. The van der Waals surface area contributed by atoms with Gasteiger partial charge >= 0.3 is 11.4 Å². The van der Waals surface area contributed by atoms with Gasteiger partial charge in [0.2, 0.25) is 0 Å². The molecular weight excluding hydrogens is 390 g/mol. The van der Waals surface area contributed by atoms with Crippen LogP contribution in [0.4, 0.5) is 0 Å². The van der Waals surface area contributed by atoms with Crippen LogP contribution in [0, 0.1) is 0 Å². The number of hydrogen-bond donors (Lipinski definition) is 0. The monoisotopic (exact) mass is 417 g/mol. The minimum absolute atomic E-state index is 0.00173. The van der Waals surface area contributed by atoms with Crippen molar-refractivity contribution in [3.8, 4) is 5.69 Å². The van der Waals surface area contributed by atoms with E-state index in [1.165, 1.54) is 25.9 Å². The third kappa shape index (κ3) is 3.51. The molecule has 5 rings (SSSR count). The average molecular weight is 418 g/mol. The fraction of sp³-hybridized carbons (Fsp3) is 0.360. The van der Waals surface area contributed by atoms with Gasteiger partial charge in [-0.05, 0) is 43.0 Å². The highest BCUT2D eigenvalue weighted by atomic mass is 16.5. The van der Waals surface area contributed by atoms with Crippen molar-refractivity contribution in [3.63, 3.8) is 0 Å². The molecule has 2 heterocycles. The van der Waals surface area contributed by atoms with Crippen LogP contribution in [0.2, 0.25) is 0 Å². The standard InChI is InChI=1S/C25H27N3O3/c1-18-16-17-26-24(29)27(20-12-6-3-7-13-20)25(30)28(26)23(18)31-22-15-9-8-14-21(22)19-10-4-2-5-11-19/h2-7,10-13,16,21-23H,8-9,14-15,17H2,1H3/t21-,22+,23-/m0/s1. The molecule has 1 fully saturated rings. The first-order valence-corrected chi connectivity index (χ1v) is 11.0. The first kappa shape index (κ1) is 19.8. The summed E-state index contributed by atoms with van der Waals surface area (Å²) < 4.78 is 10.9. The zero-order valence-electron chi connectivity index (χ0n) is 17.7. The summed E-state index contributed by atoms with van der Waals surface area (Å²) in [6.45, 7) is 2.34. The molecule has 1 saturated carbocycles. The number of nitrogens with zero attached hydrogens (tertiary/aromatic N) is 3. The van der Waals surface area contributed by atoms with Gasteiger partial charge in [0.25, 0.3) is 0 Å². The Morgan fingerprint density at radius 2 is 1.55 bits per heavy atom. The number of hydrogen-bond acceptors (Lipinski definition) is 3. The van der Waals surface area contributed by atoms with E-state index >= 15 is 0 Å². The van der Waals surface area contributed by atoms with Gasteiger partial charge in [-0.1, -0.05) is 67.4 Å². The maximum absolute atomic E-state index is 13.4. The van der Waals surface area contributed by atoms with Crippen molar-refractivity contribution in [2.45, 2.75) is 57.4 Å². The van der Waals surface area contributed by atoms with Gasteiger partial charge in [-0.2, -0.15) is 4.68 Å². The lowest BCUT2D eigenvalue weighted by Crippen LogP contribution is -2.39. The van der Waals surface area contributed by atoms with Crippen molar-refractivity contribution < 1.29 is 4.74 Å². The maximum Gasteiger partial charge on any atom is 0.354 e. The summed E-state index contributed by atoms with van der Waals surface area (Å²) in [6.07, 6.45) is 5.70. The summed E-state index contributed by atoms with van der Waals surface area (Å²) in [6, 6.07) is 19.5. The normalized spacial score (nSPS) is 23.3. The molecule has 2 aliphatic rings. The Labute approximate surface area is 181 Å². The number of rotatable bonds is 4. The molecule has 3 atom stereocenters. The third-order valence-corrected chi connectivity index (χ3v) is 6.51. The predicted octanol–water partition coefficient (Wildman–Crippen LogP) is 4.00. The Balaban J connectivity index is 1.54. The SMILES string of the molecule is CC1=CCn2c(=O)n(-c3ccccc3)c(=O)n2[C@H]1O[C@@H]1CCCC[C@H]1c1ccccc1. The molecule has 2 aromatic carbocycles. The van der Waals surface area contributed by atoms with Gasteiger partial charge in [0.15, 0.2) is 6.23 Å². The maximum atomic E-state index is 13.4. The fourth-order valence-electron chi connectivity index (χ4n) is 4.88. The quantitative estimate of drug-likeness (QED) is 0.603. The second-order valence-corrected chi connectivity index (χ2v) is 8.44. The molecule has 6 nitrogen and oxygen atoms in total. The van der Waals surface area contributed by atoms with E-state index < -0.39 is 6.23 Å². The summed E-state index contributed by atoms with van der Waals surface area (Å²) in [7, 11) is 0. The van der Waals surface area contributed by atoms with Crippen LogP contribution < -0.4 is 11.4 Å². The Morgan fingerprint density at radius 1 is 0.871 bits per heavy atom. The van der Waals surface area contributed by atoms with Crippen LogP contribution >= 0.6 is 0 Å². The van der Waals surface area contributed by atoms with Gasteiger partial charge in [-0.3, -0.25) is 0 Å². The van der Waals surface area contributed by atoms with Crippen LogP contribution in [0.1, 0.15) is 50.3 Å². The molecule has 160 valence electrons. The van der Waals surface area contributed by atoms with E-state index in [1.807, 2.05) is 37.3 Å². The van der Waals surface area contributed by atoms with E-state index in [2.05, 4.69) is 24.3 Å². The molecule has 6 heteroatoms. The third-order valence-electron chi connectivity index (χ3n) is 6.51. The number of allylic oxidation sites excluding steroid dienone is 1. The molecule has 0 bridgehead atoms. The van der Waals surface area contributed by atoms with Crippen molar-refractivity contribution in [2.24, 2.45) is 0 Å². The Bertz CT molecular complexity index is 1200. The lowest BCUT2D eigenvalue weighted by molar-refractivity contribution is -0.0733. The van der Waals surface area contributed by atoms with Crippen molar-refractivity contribution in [2.75, 3.05) is 0 Å². The minimum Gasteiger partial charge on any atom is -0.349 e. The van der Waals surface area contributed by atoms with Gasteiger partial charge in [0, 0.05) is 5.92 Å². The van der Waals surface area contributed by atoms with Crippen molar-refractivity contribution >= 4 is 0 Å². The molecule has 0 unspecified atom stereocenters. The van der Waals surface area contributed by atoms with Gasteiger partial charge in [0.05, 0.1) is 18.3 Å². The van der Waals surface area contributed by atoms with Gasteiger partial charge in [-0.25, -0.2) is 18.8 Å².